The summed E-state index contributed by atoms with van der Waals surface area (Å²) < 4.78 is 49.6. The molecule has 1 N–H and O–H groups in total. The molecule has 0 bridgehead atoms. The van der Waals surface area contributed by atoms with Crippen LogP contribution in [0.3, 0.4) is 0 Å². The molecule has 4 aromatic rings. The van der Waals surface area contributed by atoms with Crippen LogP contribution in [0.4, 0.5) is 19.0 Å². The average Bonchev–Trinajstić information content (AvgIpc) is 2.95. The predicted molar refractivity (Wildman–Crippen MR) is 144 cm³/mol. The molecular formula is C29H29F3N4O3. The highest BCUT2D eigenvalue weighted by Gasteiger charge is 2.30. The lowest BCUT2D eigenvalue weighted by atomic mass is 10.1. The monoisotopic (exact) mass is 538 g/mol. The number of carbonyl (C=O) groups excluding carboxylic acids is 1. The number of alkyl halides is 3. The Kier molecular flexibility index (Phi) is 8.98. The van der Waals surface area contributed by atoms with Gasteiger partial charge in [-0.15, -0.1) is 0 Å². The smallest absolute Gasteiger partial charge is 0.416 e. The number of halogens is 3. The largest absolute Gasteiger partial charge is 0.497 e. The van der Waals surface area contributed by atoms with Crippen LogP contribution in [0.2, 0.25) is 0 Å². The zero-order valence-electron chi connectivity index (χ0n) is 21.7. The minimum absolute atomic E-state index is 0.00111. The second-order valence-corrected chi connectivity index (χ2v) is 8.82. The number of benzene rings is 3. The Hall–Kier alpha value is -4.18. The summed E-state index contributed by atoms with van der Waals surface area (Å²) in [5.41, 5.74) is 1.20. The third kappa shape index (κ3) is 7.23. The van der Waals surface area contributed by atoms with Crippen LogP contribution in [0.5, 0.6) is 5.75 Å². The Balaban J connectivity index is 1.53. The number of rotatable bonds is 11. The lowest BCUT2D eigenvalue weighted by Crippen LogP contribution is -2.33. The van der Waals surface area contributed by atoms with Gasteiger partial charge < -0.3 is 19.7 Å². The van der Waals surface area contributed by atoms with Gasteiger partial charge in [0.15, 0.2) is 5.82 Å². The summed E-state index contributed by atoms with van der Waals surface area (Å²) in [6, 6.07) is 20.0. The fraction of sp³-hybridized carbons (Fsp3) is 0.276. The summed E-state index contributed by atoms with van der Waals surface area (Å²) in [5, 5.41) is 3.55. The average molecular weight is 539 g/mol. The molecule has 0 fully saturated rings. The van der Waals surface area contributed by atoms with Gasteiger partial charge in [-0.05, 0) is 54.1 Å². The lowest BCUT2D eigenvalue weighted by Gasteiger charge is -2.25. The number of para-hydroxylation sites is 1. The number of carbonyl (C=O) groups is 1. The van der Waals surface area contributed by atoms with E-state index in [1.807, 2.05) is 53.4 Å². The number of nitrogens with one attached hydrogen (secondary N) is 1. The fourth-order valence-corrected chi connectivity index (χ4v) is 4.08. The van der Waals surface area contributed by atoms with Crippen LogP contribution in [0.15, 0.2) is 72.8 Å². The summed E-state index contributed by atoms with van der Waals surface area (Å²) in [6.07, 6.45) is -4.33. The van der Waals surface area contributed by atoms with Gasteiger partial charge in [0.05, 0.1) is 24.8 Å². The highest BCUT2D eigenvalue weighted by Crippen LogP contribution is 2.30. The Morgan fingerprint density at radius 2 is 1.72 bits per heavy atom. The first-order chi connectivity index (χ1) is 18.8. The van der Waals surface area contributed by atoms with Crippen molar-refractivity contribution < 1.29 is 27.4 Å². The highest BCUT2D eigenvalue weighted by atomic mass is 19.4. The van der Waals surface area contributed by atoms with E-state index in [-0.39, 0.29) is 18.9 Å². The fourth-order valence-electron chi connectivity index (χ4n) is 4.08. The molecule has 204 valence electrons. The molecule has 3 aromatic carbocycles. The topological polar surface area (TPSA) is 76.6 Å². The van der Waals surface area contributed by atoms with Crippen molar-refractivity contribution >= 4 is 22.6 Å². The van der Waals surface area contributed by atoms with Gasteiger partial charge in [-0.2, -0.15) is 13.2 Å². The van der Waals surface area contributed by atoms with Crippen LogP contribution in [0, 0.1) is 0 Å². The summed E-state index contributed by atoms with van der Waals surface area (Å²) >= 11 is 0. The second kappa shape index (κ2) is 12.6. The van der Waals surface area contributed by atoms with E-state index in [0.717, 1.165) is 34.3 Å². The number of hydrogen-bond donors (Lipinski definition) is 1. The Labute approximate surface area is 224 Å². The lowest BCUT2D eigenvalue weighted by molar-refractivity contribution is -0.137. The molecule has 1 amide bonds. The number of methoxy groups -OCH3 is 2. The number of amides is 1. The van der Waals surface area contributed by atoms with E-state index in [4.69, 9.17) is 19.4 Å². The standard InChI is InChI=1S/C29H29F3N4O3/c1-38-17-16-36(15-14-26(37)33-19-20-6-5-7-22(18-20)29(30,31)32)28-24-8-3-4-9-25(24)34-27(35-28)21-10-12-23(39-2)13-11-21/h3-13,18H,14-17,19H2,1-2H3,(H,33,37). The number of hydrogen-bond acceptors (Lipinski definition) is 6. The van der Waals surface area contributed by atoms with E-state index in [1.165, 1.54) is 6.07 Å². The van der Waals surface area contributed by atoms with Gasteiger partial charge in [0.2, 0.25) is 5.91 Å². The van der Waals surface area contributed by atoms with Crippen molar-refractivity contribution in [3.05, 3.63) is 83.9 Å². The maximum Gasteiger partial charge on any atom is 0.416 e. The van der Waals surface area contributed by atoms with Gasteiger partial charge in [-0.3, -0.25) is 4.79 Å². The van der Waals surface area contributed by atoms with E-state index in [1.54, 1.807) is 20.3 Å². The van der Waals surface area contributed by atoms with Crippen molar-refractivity contribution in [2.75, 3.05) is 38.8 Å². The number of nitrogens with zero attached hydrogens (tertiary/aromatic N) is 3. The molecule has 0 atom stereocenters. The zero-order valence-corrected chi connectivity index (χ0v) is 21.7. The number of fused-ring (bicyclic) bond motifs is 1. The SMILES string of the molecule is COCCN(CCC(=O)NCc1cccc(C(F)(F)F)c1)c1nc(-c2ccc(OC)cc2)nc2ccccc12. The van der Waals surface area contributed by atoms with E-state index in [9.17, 15) is 18.0 Å². The van der Waals surface area contributed by atoms with Crippen LogP contribution < -0.4 is 15.0 Å². The minimum atomic E-state index is -4.44. The molecule has 0 saturated carbocycles. The van der Waals surface area contributed by atoms with Crippen LogP contribution in [0.25, 0.3) is 22.3 Å². The van der Waals surface area contributed by atoms with Gasteiger partial charge in [-0.1, -0.05) is 24.3 Å². The van der Waals surface area contributed by atoms with Crippen molar-refractivity contribution in [2.45, 2.75) is 19.1 Å². The highest BCUT2D eigenvalue weighted by molar-refractivity contribution is 5.91. The molecule has 0 aliphatic rings. The Bertz CT molecular complexity index is 1410. The molecule has 1 heterocycles. The summed E-state index contributed by atoms with van der Waals surface area (Å²) in [6.45, 7) is 1.20. The molecule has 1 aromatic heterocycles. The van der Waals surface area contributed by atoms with E-state index < -0.39 is 11.7 Å². The van der Waals surface area contributed by atoms with Crippen molar-refractivity contribution in [1.29, 1.82) is 0 Å². The molecule has 0 saturated heterocycles. The van der Waals surface area contributed by atoms with Crippen molar-refractivity contribution in [3.8, 4) is 17.1 Å². The molecule has 0 aliphatic carbocycles. The first-order valence-corrected chi connectivity index (χ1v) is 12.4. The molecule has 0 unspecified atom stereocenters. The Morgan fingerprint density at radius 3 is 2.44 bits per heavy atom. The van der Waals surface area contributed by atoms with Gasteiger partial charge in [0.1, 0.15) is 11.6 Å². The van der Waals surface area contributed by atoms with Gasteiger partial charge >= 0.3 is 6.18 Å². The van der Waals surface area contributed by atoms with Gasteiger partial charge in [0.25, 0.3) is 0 Å². The first kappa shape index (κ1) is 27.8. The summed E-state index contributed by atoms with van der Waals surface area (Å²) in [7, 11) is 3.20. The van der Waals surface area contributed by atoms with E-state index in [0.29, 0.717) is 36.9 Å². The van der Waals surface area contributed by atoms with E-state index in [2.05, 4.69) is 5.32 Å². The van der Waals surface area contributed by atoms with Crippen LogP contribution in [0.1, 0.15) is 17.5 Å². The van der Waals surface area contributed by atoms with Gasteiger partial charge in [0, 0.05) is 44.1 Å². The quantitative estimate of drug-likeness (QED) is 0.273. The van der Waals surface area contributed by atoms with Gasteiger partial charge in [-0.25, -0.2) is 9.97 Å². The number of anilines is 1. The molecule has 0 radical (unpaired) electrons. The summed E-state index contributed by atoms with van der Waals surface area (Å²) in [5.74, 6) is 1.62. The molecule has 0 aliphatic heterocycles. The van der Waals surface area contributed by atoms with Crippen molar-refractivity contribution in [2.24, 2.45) is 0 Å². The molecule has 7 nitrogen and oxygen atoms in total. The summed E-state index contributed by atoms with van der Waals surface area (Å²) in [4.78, 5) is 24.2. The molecule has 39 heavy (non-hydrogen) atoms. The molecular weight excluding hydrogens is 509 g/mol. The first-order valence-electron chi connectivity index (χ1n) is 12.4. The Morgan fingerprint density at radius 1 is 0.949 bits per heavy atom. The second-order valence-electron chi connectivity index (χ2n) is 8.82. The zero-order chi connectivity index (χ0) is 27.8. The molecule has 10 heteroatoms. The van der Waals surface area contributed by atoms with Crippen LogP contribution in [-0.4, -0.2) is 49.8 Å². The maximum atomic E-state index is 13.0. The molecule has 0 spiro atoms. The third-order valence-corrected chi connectivity index (χ3v) is 6.15. The van der Waals surface area contributed by atoms with Crippen molar-refractivity contribution in [1.82, 2.24) is 15.3 Å². The van der Waals surface area contributed by atoms with Crippen molar-refractivity contribution in [3.63, 3.8) is 0 Å². The van der Waals surface area contributed by atoms with E-state index >= 15 is 0 Å². The van der Waals surface area contributed by atoms with Crippen LogP contribution >= 0.6 is 0 Å². The third-order valence-electron chi connectivity index (χ3n) is 6.15. The maximum absolute atomic E-state index is 13.0. The minimum Gasteiger partial charge on any atom is -0.497 e. The normalized spacial score (nSPS) is 11.4. The number of aromatic nitrogens is 2. The van der Waals surface area contributed by atoms with Crippen LogP contribution in [-0.2, 0) is 22.3 Å². The predicted octanol–water partition coefficient (Wildman–Crippen LogP) is 5.48. The molecule has 4 rings (SSSR count). The number of ether oxygens (including phenoxy) is 2.